The lowest BCUT2D eigenvalue weighted by molar-refractivity contribution is 0.299. The van der Waals surface area contributed by atoms with Crippen LogP contribution in [0.5, 0.6) is 0 Å². The number of hydrogen-bond donors (Lipinski definition) is 1. The molecule has 0 heterocycles. The molecular weight excluding hydrogens is 336 g/mol. The molecule has 0 aliphatic carbocycles. The van der Waals surface area contributed by atoms with Crippen LogP contribution in [0, 0.1) is 6.92 Å². The SMILES string of the molecule is Cc1ccc(C(CNS(=O)(=O)CCCS(C)(=O)=O)N(C)C)cc1. The molecular formula is C15H26N2O4S2. The number of sulfonamides is 1. The summed E-state index contributed by atoms with van der Waals surface area (Å²) in [7, 11) is -2.85. The number of benzene rings is 1. The molecule has 23 heavy (non-hydrogen) atoms. The van der Waals surface area contributed by atoms with Gasteiger partial charge in [0.25, 0.3) is 0 Å². The van der Waals surface area contributed by atoms with Gasteiger partial charge in [0.15, 0.2) is 0 Å². The number of likely N-dealkylation sites (N-methyl/N-ethyl adjacent to an activating group) is 1. The third-order valence-corrected chi connectivity index (χ3v) is 5.97. The van der Waals surface area contributed by atoms with Crippen LogP contribution >= 0.6 is 0 Å². The van der Waals surface area contributed by atoms with Gasteiger partial charge >= 0.3 is 0 Å². The van der Waals surface area contributed by atoms with E-state index in [2.05, 4.69) is 4.72 Å². The number of aryl methyl sites for hydroxylation is 1. The number of hydrogen-bond acceptors (Lipinski definition) is 5. The molecule has 0 radical (unpaired) electrons. The van der Waals surface area contributed by atoms with Gasteiger partial charge in [-0.3, -0.25) is 0 Å². The van der Waals surface area contributed by atoms with Gasteiger partial charge in [-0.2, -0.15) is 0 Å². The minimum Gasteiger partial charge on any atom is -0.301 e. The fourth-order valence-electron chi connectivity index (χ4n) is 2.18. The van der Waals surface area contributed by atoms with Crippen molar-refractivity contribution in [3.05, 3.63) is 35.4 Å². The summed E-state index contributed by atoms with van der Waals surface area (Å²) in [5.41, 5.74) is 2.17. The summed E-state index contributed by atoms with van der Waals surface area (Å²) in [5, 5.41) is 0. The summed E-state index contributed by atoms with van der Waals surface area (Å²) >= 11 is 0. The minimum atomic E-state index is -3.49. The Balaban J connectivity index is 2.66. The van der Waals surface area contributed by atoms with Crippen molar-refractivity contribution in [2.24, 2.45) is 0 Å². The smallest absolute Gasteiger partial charge is 0.211 e. The summed E-state index contributed by atoms with van der Waals surface area (Å²) in [5.74, 6) is -0.308. The highest BCUT2D eigenvalue weighted by Gasteiger charge is 2.18. The topological polar surface area (TPSA) is 83.5 Å². The molecule has 1 aromatic rings. The van der Waals surface area contributed by atoms with Crippen LogP contribution in [-0.4, -0.2) is 60.1 Å². The summed E-state index contributed by atoms with van der Waals surface area (Å²) in [6, 6.07) is 7.87. The van der Waals surface area contributed by atoms with Crippen LogP contribution in [0.25, 0.3) is 0 Å². The average Bonchev–Trinajstić information content (AvgIpc) is 2.38. The van der Waals surface area contributed by atoms with Gasteiger partial charge in [-0.25, -0.2) is 21.6 Å². The van der Waals surface area contributed by atoms with E-state index in [0.29, 0.717) is 0 Å². The van der Waals surface area contributed by atoms with Crippen molar-refractivity contribution in [2.45, 2.75) is 19.4 Å². The molecule has 0 saturated heterocycles. The van der Waals surface area contributed by atoms with Gasteiger partial charge in [0, 0.05) is 18.8 Å². The second-order valence-corrected chi connectivity index (χ2v) is 10.2. The van der Waals surface area contributed by atoms with Crippen LogP contribution in [0.1, 0.15) is 23.6 Å². The summed E-state index contributed by atoms with van der Waals surface area (Å²) < 4.78 is 48.7. The maximum atomic E-state index is 12.0. The van der Waals surface area contributed by atoms with Gasteiger partial charge in [-0.15, -0.1) is 0 Å². The Morgan fingerprint density at radius 3 is 2.09 bits per heavy atom. The van der Waals surface area contributed by atoms with Crippen LogP contribution < -0.4 is 4.72 Å². The summed E-state index contributed by atoms with van der Waals surface area (Å²) in [4.78, 5) is 1.95. The first-order chi connectivity index (χ1) is 10.5. The fourth-order valence-corrected chi connectivity index (χ4v) is 4.11. The molecule has 0 aromatic heterocycles. The Morgan fingerprint density at radius 2 is 1.61 bits per heavy atom. The molecule has 1 aromatic carbocycles. The molecule has 0 aliphatic heterocycles. The van der Waals surface area contributed by atoms with Crippen LogP contribution in [0.4, 0.5) is 0 Å². The Morgan fingerprint density at radius 1 is 1.04 bits per heavy atom. The second-order valence-electron chi connectivity index (χ2n) is 6.04. The maximum absolute atomic E-state index is 12.0. The van der Waals surface area contributed by atoms with Crippen molar-refractivity contribution in [1.29, 1.82) is 0 Å². The predicted octanol–water partition coefficient (Wildman–Crippen LogP) is 0.952. The first-order valence-corrected chi connectivity index (χ1v) is 11.1. The monoisotopic (exact) mass is 362 g/mol. The predicted molar refractivity (Wildman–Crippen MR) is 93.7 cm³/mol. The van der Waals surface area contributed by atoms with E-state index in [0.717, 1.165) is 17.4 Å². The Hall–Kier alpha value is -0.960. The van der Waals surface area contributed by atoms with Crippen molar-refractivity contribution in [3.8, 4) is 0 Å². The lowest BCUT2D eigenvalue weighted by Crippen LogP contribution is -2.36. The van der Waals surface area contributed by atoms with Crippen molar-refractivity contribution < 1.29 is 16.8 Å². The first-order valence-electron chi connectivity index (χ1n) is 7.38. The number of nitrogens with zero attached hydrogens (tertiary/aromatic N) is 1. The highest BCUT2D eigenvalue weighted by Crippen LogP contribution is 2.18. The van der Waals surface area contributed by atoms with E-state index in [4.69, 9.17) is 0 Å². The highest BCUT2D eigenvalue weighted by atomic mass is 32.2. The molecule has 8 heteroatoms. The molecule has 1 atom stereocenters. The average molecular weight is 363 g/mol. The van der Waals surface area contributed by atoms with E-state index < -0.39 is 19.9 Å². The standard InChI is InChI=1S/C15H26N2O4S2/c1-13-6-8-14(9-7-13)15(17(2)3)12-16-23(20,21)11-5-10-22(4,18)19/h6-9,15-16H,5,10-12H2,1-4H3. The third-order valence-electron chi connectivity index (χ3n) is 3.51. The van der Waals surface area contributed by atoms with Gasteiger partial charge in [-0.1, -0.05) is 29.8 Å². The van der Waals surface area contributed by atoms with Gasteiger partial charge in [-0.05, 0) is 33.0 Å². The van der Waals surface area contributed by atoms with Crippen LogP contribution in [0.15, 0.2) is 24.3 Å². The molecule has 0 aliphatic rings. The van der Waals surface area contributed by atoms with E-state index in [9.17, 15) is 16.8 Å². The van der Waals surface area contributed by atoms with Crippen LogP contribution in [0.3, 0.4) is 0 Å². The number of nitrogens with one attached hydrogen (secondary N) is 1. The lowest BCUT2D eigenvalue weighted by atomic mass is 10.0. The van der Waals surface area contributed by atoms with Crippen molar-refractivity contribution in [3.63, 3.8) is 0 Å². The molecule has 1 unspecified atom stereocenters. The molecule has 0 bridgehead atoms. The zero-order chi connectivity index (χ0) is 17.7. The zero-order valence-electron chi connectivity index (χ0n) is 14.1. The quantitative estimate of drug-likeness (QED) is 0.707. The largest absolute Gasteiger partial charge is 0.301 e. The summed E-state index contributed by atoms with van der Waals surface area (Å²) in [6.07, 6.45) is 1.21. The van der Waals surface area contributed by atoms with E-state index in [1.54, 1.807) is 0 Å². The highest BCUT2D eigenvalue weighted by molar-refractivity contribution is 7.91. The molecule has 132 valence electrons. The van der Waals surface area contributed by atoms with Crippen molar-refractivity contribution in [2.75, 3.05) is 38.4 Å². The fraction of sp³-hybridized carbons (Fsp3) is 0.600. The van der Waals surface area contributed by atoms with Crippen molar-refractivity contribution in [1.82, 2.24) is 9.62 Å². The van der Waals surface area contributed by atoms with Crippen molar-refractivity contribution >= 4 is 19.9 Å². The lowest BCUT2D eigenvalue weighted by Gasteiger charge is -2.25. The van der Waals surface area contributed by atoms with E-state index in [1.807, 2.05) is 50.2 Å². The number of rotatable bonds is 9. The normalized spacial score (nSPS) is 14.1. The minimum absolute atomic E-state index is 0.0831. The molecule has 0 saturated carbocycles. The Bertz CT molecular complexity index is 695. The van der Waals surface area contributed by atoms with E-state index >= 15 is 0 Å². The molecule has 1 N–H and O–H groups in total. The van der Waals surface area contributed by atoms with E-state index in [1.165, 1.54) is 0 Å². The molecule has 0 amide bonds. The molecule has 0 fully saturated rings. The number of sulfone groups is 1. The third kappa shape index (κ3) is 7.92. The van der Waals surface area contributed by atoms with E-state index in [-0.39, 0.29) is 30.5 Å². The zero-order valence-corrected chi connectivity index (χ0v) is 15.7. The van der Waals surface area contributed by atoms with Gasteiger partial charge in [0.1, 0.15) is 9.84 Å². The van der Waals surface area contributed by atoms with Gasteiger partial charge in [0.05, 0.1) is 11.5 Å². The molecule has 1 rings (SSSR count). The Labute approximate surface area is 139 Å². The van der Waals surface area contributed by atoms with Gasteiger partial charge in [0.2, 0.25) is 10.0 Å². The van der Waals surface area contributed by atoms with Crippen LogP contribution in [-0.2, 0) is 19.9 Å². The van der Waals surface area contributed by atoms with Crippen LogP contribution in [0.2, 0.25) is 0 Å². The maximum Gasteiger partial charge on any atom is 0.211 e. The first kappa shape index (κ1) is 20.1. The molecule has 6 nitrogen and oxygen atoms in total. The summed E-state index contributed by atoms with van der Waals surface area (Å²) in [6.45, 7) is 2.25. The molecule has 0 spiro atoms. The second kappa shape index (κ2) is 8.23. The Kier molecular flexibility index (Phi) is 7.19. The van der Waals surface area contributed by atoms with Gasteiger partial charge < -0.3 is 4.90 Å².